The number of benzene rings is 1. The Labute approximate surface area is 136 Å². The fraction of sp³-hybridized carbons (Fsp3) is 0.188. The van der Waals surface area contributed by atoms with E-state index in [1.807, 2.05) is 13.8 Å². The first-order valence-electron chi connectivity index (χ1n) is 6.91. The Morgan fingerprint density at radius 1 is 1.35 bits per heavy atom. The Morgan fingerprint density at radius 3 is 2.78 bits per heavy atom. The lowest BCUT2D eigenvalue weighted by atomic mass is 10.1. The van der Waals surface area contributed by atoms with Crippen LogP contribution < -0.4 is 10.9 Å². The number of oxazole rings is 1. The summed E-state index contributed by atoms with van der Waals surface area (Å²) in [5.74, 6) is -0.410. The fourth-order valence-corrected chi connectivity index (χ4v) is 2.45. The summed E-state index contributed by atoms with van der Waals surface area (Å²) in [7, 11) is 1.58. The summed E-state index contributed by atoms with van der Waals surface area (Å²) in [6, 6.07) is 4.64. The standard InChI is InChI=1S/C16H14ClN3O3/c1-8-6-11-14(9(2)13(8)17)18-16(23-11)19-15(22)10-4-5-12(21)20(3)7-10/h4-7H,1-3H3,(H,18,19,22). The number of fused-ring (bicyclic) bond motifs is 1. The lowest BCUT2D eigenvalue weighted by Crippen LogP contribution is -2.19. The number of nitrogens with zero attached hydrogens (tertiary/aromatic N) is 2. The number of carbonyl (C=O) groups excluding carboxylic acids is 1. The quantitative estimate of drug-likeness (QED) is 0.783. The van der Waals surface area contributed by atoms with Crippen LogP contribution in [-0.4, -0.2) is 15.5 Å². The van der Waals surface area contributed by atoms with E-state index in [2.05, 4.69) is 10.3 Å². The Kier molecular flexibility index (Phi) is 3.69. The van der Waals surface area contributed by atoms with Crippen molar-refractivity contribution in [1.29, 1.82) is 0 Å². The lowest BCUT2D eigenvalue weighted by Gasteiger charge is -2.02. The average Bonchev–Trinajstić information content (AvgIpc) is 2.90. The first kappa shape index (κ1) is 15.3. The average molecular weight is 332 g/mol. The summed E-state index contributed by atoms with van der Waals surface area (Å²) >= 11 is 6.20. The smallest absolute Gasteiger partial charge is 0.302 e. The Balaban J connectivity index is 1.95. The van der Waals surface area contributed by atoms with E-state index in [1.165, 1.54) is 22.9 Å². The molecule has 1 N–H and O–H groups in total. The van der Waals surface area contributed by atoms with E-state index in [9.17, 15) is 9.59 Å². The fourth-order valence-electron chi connectivity index (χ4n) is 2.31. The van der Waals surface area contributed by atoms with Crippen molar-refractivity contribution in [2.24, 2.45) is 7.05 Å². The molecule has 0 aliphatic rings. The molecule has 6 nitrogen and oxygen atoms in total. The lowest BCUT2D eigenvalue weighted by molar-refractivity contribution is 0.102. The van der Waals surface area contributed by atoms with Gasteiger partial charge < -0.3 is 8.98 Å². The van der Waals surface area contributed by atoms with Gasteiger partial charge in [0.15, 0.2) is 5.58 Å². The van der Waals surface area contributed by atoms with Crippen LogP contribution >= 0.6 is 11.6 Å². The minimum absolute atomic E-state index is 0.0867. The summed E-state index contributed by atoms with van der Waals surface area (Å²) in [6.07, 6.45) is 1.45. The molecule has 0 radical (unpaired) electrons. The number of rotatable bonds is 2. The first-order chi connectivity index (χ1) is 10.9. The van der Waals surface area contributed by atoms with Gasteiger partial charge in [0.25, 0.3) is 5.91 Å². The van der Waals surface area contributed by atoms with Gasteiger partial charge in [-0.05, 0) is 37.1 Å². The van der Waals surface area contributed by atoms with Gasteiger partial charge in [-0.2, -0.15) is 4.98 Å². The van der Waals surface area contributed by atoms with Crippen molar-refractivity contribution in [2.45, 2.75) is 13.8 Å². The predicted molar refractivity (Wildman–Crippen MR) is 88.1 cm³/mol. The zero-order chi connectivity index (χ0) is 16.7. The number of aromatic nitrogens is 2. The molecule has 0 spiro atoms. The highest BCUT2D eigenvalue weighted by Crippen LogP contribution is 2.30. The second-order valence-electron chi connectivity index (χ2n) is 5.32. The largest absolute Gasteiger partial charge is 0.423 e. The van der Waals surface area contributed by atoms with Crippen LogP contribution in [0.4, 0.5) is 6.01 Å². The van der Waals surface area contributed by atoms with E-state index in [0.29, 0.717) is 21.7 Å². The van der Waals surface area contributed by atoms with Crippen LogP contribution in [0, 0.1) is 13.8 Å². The molecule has 0 saturated carbocycles. The third kappa shape index (κ3) is 2.73. The molecule has 118 valence electrons. The number of pyridine rings is 1. The van der Waals surface area contributed by atoms with Crippen molar-refractivity contribution in [2.75, 3.05) is 5.32 Å². The normalized spacial score (nSPS) is 11.0. The van der Waals surface area contributed by atoms with Crippen molar-refractivity contribution in [3.05, 3.63) is 56.5 Å². The SMILES string of the molecule is Cc1cc2oc(NC(=O)c3ccc(=O)n(C)c3)nc2c(C)c1Cl. The number of nitrogens with one attached hydrogen (secondary N) is 1. The predicted octanol–water partition coefficient (Wildman–Crippen LogP) is 3.05. The molecule has 2 aromatic heterocycles. The minimum Gasteiger partial charge on any atom is -0.423 e. The minimum atomic E-state index is -0.410. The molecule has 3 rings (SSSR count). The van der Waals surface area contributed by atoms with Gasteiger partial charge in [-0.3, -0.25) is 14.9 Å². The van der Waals surface area contributed by atoms with Gasteiger partial charge in [-0.1, -0.05) is 11.6 Å². The van der Waals surface area contributed by atoms with Crippen molar-refractivity contribution >= 4 is 34.6 Å². The van der Waals surface area contributed by atoms with E-state index >= 15 is 0 Å². The Bertz CT molecular complexity index is 988. The second-order valence-corrected chi connectivity index (χ2v) is 5.70. The van der Waals surface area contributed by atoms with Crippen LogP contribution in [0.25, 0.3) is 11.1 Å². The number of halogens is 1. The van der Waals surface area contributed by atoms with E-state index in [-0.39, 0.29) is 11.6 Å². The van der Waals surface area contributed by atoms with E-state index < -0.39 is 5.91 Å². The number of hydrogen-bond acceptors (Lipinski definition) is 4. The molecule has 0 bridgehead atoms. The summed E-state index contributed by atoms with van der Waals surface area (Å²) in [5.41, 5.74) is 2.98. The van der Waals surface area contributed by atoms with E-state index in [1.54, 1.807) is 13.1 Å². The molecule has 1 amide bonds. The zero-order valence-corrected chi connectivity index (χ0v) is 13.6. The highest BCUT2D eigenvalue weighted by atomic mass is 35.5. The van der Waals surface area contributed by atoms with Gasteiger partial charge >= 0.3 is 6.01 Å². The first-order valence-corrected chi connectivity index (χ1v) is 7.29. The van der Waals surface area contributed by atoms with Gasteiger partial charge in [-0.15, -0.1) is 0 Å². The van der Waals surface area contributed by atoms with Crippen molar-refractivity contribution in [3.8, 4) is 0 Å². The third-order valence-electron chi connectivity index (χ3n) is 3.60. The van der Waals surface area contributed by atoms with Crippen LogP contribution in [0.1, 0.15) is 21.5 Å². The number of amides is 1. The van der Waals surface area contributed by atoms with Gasteiger partial charge in [0.1, 0.15) is 5.52 Å². The molecular weight excluding hydrogens is 318 g/mol. The second kappa shape index (κ2) is 5.55. The summed E-state index contributed by atoms with van der Waals surface area (Å²) in [4.78, 5) is 27.8. The molecule has 3 aromatic rings. The van der Waals surface area contributed by atoms with E-state index in [0.717, 1.165) is 11.1 Å². The van der Waals surface area contributed by atoms with Crippen LogP contribution in [0.3, 0.4) is 0 Å². The highest BCUT2D eigenvalue weighted by molar-refractivity contribution is 6.33. The topological polar surface area (TPSA) is 77.1 Å². The number of carbonyl (C=O) groups is 1. The highest BCUT2D eigenvalue weighted by Gasteiger charge is 2.15. The Morgan fingerprint density at radius 2 is 2.09 bits per heavy atom. The van der Waals surface area contributed by atoms with Crippen LogP contribution in [0.15, 0.2) is 33.6 Å². The monoisotopic (exact) mass is 331 g/mol. The number of anilines is 1. The molecular formula is C16H14ClN3O3. The van der Waals surface area contributed by atoms with Crippen LogP contribution in [0.5, 0.6) is 0 Å². The molecule has 7 heteroatoms. The van der Waals surface area contributed by atoms with E-state index in [4.69, 9.17) is 16.0 Å². The molecule has 2 heterocycles. The van der Waals surface area contributed by atoms with Crippen LogP contribution in [0.2, 0.25) is 5.02 Å². The maximum absolute atomic E-state index is 12.2. The molecule has 0 aliphatic heterocycles. The zero-order valence-electron chi connectivity index (χ0n) is 12.8. The van der Waals surface area contributed by atoms with Gasteiger partial charge in [0, 0.05) is 24.3 Å². The van der Waals surface area contributed by atoms with Crippen LogP contribution in [-0.2, 0) is 7.05 Å². The Hall–Kier alpha value is -2.60. The maximum atomic E-state index is 12.2. The van der Waals surface area contributed by atoms with Gasteiger partial charge in [0.2, 0.25) is 5.56 Å². The van der Waals surface area contributed by atoms with Crippen molar-refractivity contribution in [3.63, 3.8) is 0 Å². The third-order valence-corrected chi connectivity index (χ3v) is 4.18. The number of hydrogen-bond donors (Lipinski definition) is 1. The van der Waals surface area contributed by atoms with Gasteiger partial charge in [-0.25, -0.2) is 0 Å². The molecule has 0 atom stereocenters. The van der Waals surface area contributed by atoms with Gasteiger partial charge in [0.05, 0.1) is 5.56 Å². The molecule has 0 aliphatic carbocycles. The summed E-state index contributed by atoms with van der Waals surface area (Å²) in [6.45, 7) is 3.72. The molecule has 0 fully saturated rings. The molecule has 23 heavy (non-hydrogen) atoms. The molecule has 0 unspecified atom stereocenters. The van der Waals surface area contributed by atoms with Crippen molar-refractivity contribution < 1.29 is 9.21 Å². The molecule has 0 saturated heterocycles. The molecule has 1 aromatic carbocycles. The number of aryl methyl sites for hydroxylation is 3. The van der Waals surface area contributed by atoms with Crippen molar-refractivity contribution in [1.82, 2.24) is 9.55 Å². The maximum Gasteiger partial charge on any atom is 0.302 e. The summed E-state index contributed by atoms with van der Waals surface area (Å²) in [5, 5.41) is 3.21. The summed E-state index contributed by atoms with van der Waals surface area (Å²) < 4.78 is 6.89.